The van der Waals surface area contributed by atoms with Gasteiger partial charge >= 0.3 is 0 Å². The van der Waals surface area contributed by atoms with Gasteiger partial charge in [-0.05, 0) is 54.4 Å². The summed E-state index contributed by atoms with van der Waals surface area (Å²) in [6.07, 6.45) is 0.332. The molecule has 0 heterocycles. The highest BCUT2D eigenvalue weighted by Crippen LogP contribution is 2.29. The second-order valence-corrected chi connectivity index (χ2v) is 6.04. The quantitative estimate of drug-likeness (QED) is 0.751. The van der Waals surface area contributed by atoms with Crippen molar-refractivity contribution in [3.05, 3.63) is 68.7 Å². The van der Waals surface area contributed by atoms with Gasteiger partial charge in [0.1, 0.15) is 11.6 Å². The maximum atomic E-state index is 13.8. The maximum absolute atomic E-state index is 13.8. The first kappa shape index (κ1) is 16.4. The largest absolute Gasteiger partial charge is 0.310 e. The molecule has 0 bridgehead atoms. The molecular weight excluding hydrogens is 360 g/mol. The van der Waals surface area contributed by atoms with E-state index in [1.54, 1.807) is 6.07 Å². The smallest absolute Gasteiger partial charge is 0.126 e. The summed E-state index contributed by atoms with van der Waals surface area (Å²) in [6, 6.07) is 8.89. The molecule has 1 nitrogen and oxygen atoms in total. The number of likely N-dealkylation sites (N-methyl/N-ethyl adjacent to an activating group) is 1. The molecule has 0 fully saturated rings. The minimum Gasteiger partial charge on any atom is -0.310 e. The van der Waals surface area contributed by atoms with Crippen molar-refractivity contribution in [3.63, 3.8) is 0 Å². The first-order valence-corrected chi connectivity index (χ1v) is 7.80. The van der Waals surface area contributed by atoms with E-state index in [4.69, 9.17) is 11.6 Å². The third-order valence-electron chi connectivity index (χ3n) is 3.22. The summed E-state index contributed by atoms with van der Waals surface area (Å²) in [5.74, 6) is -0.851. The molecule has 1 atom stereocenters. The van der Waals surface area contributed by atoms with E-state index in [0.29, 0.717) is 23.6 Å². The number of nitrogens with one attached hydrogen (secondary N) is 1. The molecule has 0 saturated carbocycles. The van der Waals surface area contributed by atoms with Crippen LogP contribution in [0.4, 0.5) is 8.78 Å². The van der Waals surface area contributed by atoms with Crippen molar-refractivity contribution in [1.29, 1.82) is 0 Å². The zero-order valence-electron chi connectivity index (χ0n) is 11.5. The SMILES string of the molecule is CCNC(Cc1cc(F)ccc1F)c1ccc(Br)cc1Cl. The summed E-state index contributed by atoms with van der Waals surface area (Å²) in [4.78, 5) is 0. The second-order valence-electron chi connectivity index (χ2n) is 4.72. The molecule has 0 aliphatic heterocycles. The van der Waals surface area contributed by atoms with Crippen LogP contribution in [0.25, 0.3) is 0 Å². The van der Waals surface area contributed by atoms with Gasteiger partial charge in [-0.15, -0.1) is 0 Å². The summed E-state index contributed by atoms with van der Waals surface area (Å²) in [7, 11) is 0. The predicted molar refractivity (Wildman–Crippen MR) is 85.6 cm³/mol. The molecule has 0 aromatic heterocycles. The minimum absolute atomic E-state index is 0.174. The molecule has 0 radical (unpaired) electrons. The van der Waals surface area contributed by atoms with Crippen LogP contribution in [0.2, 0.25) is 5.02 Å². The number of hydrogen-bond acceptors (Lipinski definition) is 1. The maximum Gasteiger partial charge on any atom is 0.126 e. The van der Waals surface area contributed by atoms with Gasteiger partial charge in [-0.1, -0.05) is 40.5 Å². The molecule has 1 N–H and O–H groups in total. The van der Waals surface area contributed by atoms with E-state index in [0.717, 1.165) is 22.2 Å². The Balaban J connectivity index is 2.32. The molecular formula is C16H15BrClF2N. The zero-order valence-corrected chi connectivity index (χ0v) is 13.8. The summed E-state index contributed by atoms with van der Waals surface area (Å²) in [5.41, 5.74) is 1.20. The van der Waals surface area contributed by atoms with Crippen LogP contribution in [-0.2, 0) is 6.42 Å². The molecule has 0 saturated heterocycles. The summed E-state index contributed by atoms with van der Waals surface area (Å²) in [6.45, 7) is 2.66. The van der Waals surface area contributed by atoms with Crippen LogP contribution >= 0.6 is 27.5 Å². The van der Waals surface area contributed by atoms with Crippen LogP contribution in [-0.4, -0.2) is 6.54 Å². The van der Waals surface area contributed by atoms with E-state index >= 15 is 0 Å². The van der Waals surface area contributed by atoms with Gasteiger partial charge in [0.25, 0.3) is 0 Å². The van der Waals surface area contributed by atoms with Crippen molar-refractivity contribution in [2.75, 3.05) is 6.54 Å². The lowest BCUT2D eigenvalue weighted by atomic mass is 9.98. The lowest BCUT2D eigenvalue weighted by Crippen LogP contribution is -2.23. The third kappa shape index (κ3) is 4.25. The Labute approximate surface area is 136 Å². The Bertz CT molecular complexity index is 634. The van der Waals surface area contributed by atoms with Crippen molar-refractivity contribution < 1.29 is 8.78 Å². The van der Waals surface area contributed by atoms with Gasteiger partial charge in [-0.3, -0.25) is 0 Å². The fraction of sp³-hybridized carbons (Fsp3) is 0.250. The molecule has 2 aromatic carbocycles. The van der Waals surface area contributed by atoms with E-state index in [1.165, 1.54) is 6.07 Å². The molecule has 0 aliphatic rings. The normalized spacial score (nSPS) is 12.4. The second kappa shape index (κ2) is 7.34. The number of hydrogen-bond donors (Lipinski definition) is 1. The van der Waals surface area contributed by atoms with E-state index in [1.807, 2.05) is 19.1 Å². The van der Waals surface area contributed by atoms with Crippen molar-refractivity contribution in [2.45, 2.75) is 19.4 Å². The van der Waals surface area contributed by atoms with Crippen LogP contribution in [0.1, 0.15) is 24.1 Å². The Kier molecular flexibility index (Phi) is 5.73. The fourth-order valence-electron chi connectivity index (χ4n) is 2.24. The van der Waals surface area contributed by atoms with Gasteiger partial charge in [0, 0.05) is 15.5 Å². The highest BCUT2D eigenvalue weighted by atomic mass is 79.9. The van der Waals surface area contributed by atoms with E-state index in [9.17, 15) is 8.78 Å². The summed E-state index contributed by atoms with van der Waals surface area (Å²) >= 11 is 9.62. The topological polar surface area (TPSA) is 12.0 Å². The lowest BCUT2D eigenvalue weighted by molar-refractivity contribution is 0.522. The highest BCUT2D eigenvalue weighted by Gasteiger charge is 2.17. The number of rotatable bonds is 5. The van der Waals surface area contributed by atoms with E-state index < -0.39 is 11.6 Å². The Morgan fingerprint density at radius 3 is 2.62 bits per heavy atom. The highest BCUT2D eigenvalue weighted by molar-refractivity contribution is 9.10. The van der Waals surface area contributed by atoms with Crippen LogP contribution in [0, 0.1) is 11.6 Å². The van der Waals surface area contributed by atoms with Gasteiger partial charge < -0.3 is 5.32 Å². The van der Waals surface area contributed by atoms with Gasteiger partial charge in [0.2, 0.25) is 0 Å². The van der Waals surface area contributed by atoms with Gasteiger partial charge in [-0.25, -0.2) is 8.78 Å². The lowest BCUT2D eigenvalue weighted by Gasteiger charge is -2.20. The van der Waals surface area contributed by atoms with Crippen molar-refractivity contribution in [2.24, 2.45) is 0 Å². The first-order chi connectivity index (χ1) is 10.0. The van der Waals surface area contributed by atoms with Crippen LogP contribution in [0.5, 0.6) is 0 Å². The predicted octanol–water partition coefficient (Wildman–Crippen LogP) is 5.27. The third-order valence-corrected chi connectivity index (χ3v) is 4.04. The zero-order chi connectivity index (χ0) is 15.4. The monoisotopic (exact) mass is 373 g/mol. The van der Waals surface area contributed by atoms with Crippen LogP contribution < -0.4 is 5.32 Å². The Hall–Kier alpha value is -0.970. The average Bonchev–Trinajstić information content (AvgIpc) is 2.42. The molecule has 0 amide bonds. The Morgan fingerprint density at radius 1 is 1.19 bits per heavy atom. The molecule has 2 rings (SSSR count). The standard InChI is InChI=1S/C16H15BrClF2N/c1-2-21-16(13-5-3-11(17)9-14(13)18)8-10-7-12(19)4-6-15(10)20/h3-7,9,16,21H,2,8H2,1H3. The van der Waals surface area contributed by atoms with Crippen molar-refractivity contribution in [1.82, 2.24) is 5.32 Å². The number of benzene rings is 2. The molecule has 0 spiro atoms. The first-order valence-electron chi connectivity index (χ1n) is 6.63. The van der Waals surface area contributed by atoms with Crippen LogP contribution in [0.15, 0.2) is 40.9 Å². The van der Waals surface area contributed by atoms with E-state index in [2.05, 4.69) is 21.2 Å². The van der Waals surface area contributed by atoms with Gasteiger partial charge in [0.15, 0.2) is 0 Å². The fourth-order valence-corrected chi connectivity index (χ4v) is 3.05. The minimum atomic E-state index is -0.441. The summed E-state index contributed by atoms with van der Waals surface area (Å²) < 4.78 is 28.0. The Morgan fingerprint density at radius 2 is 1.95 bits per heavy atom. The van der Waals surface area contributed by atoms with Gasteiger partial charge in [-0.2, -0.15) is 0 Å². The van der Waals surface area contributed by atoms with Crippen molar-refractivity contribution in [3.8, 4) is 0 Å². The van der Waals surface area contributed by atoms with Crippen molar-refractivity contribution >= 4 is 27.5 Å². The number of halogens is 4. The van der Waals surface area contributed by atoms with E-state index in [-0.39, 0.29) is 6.04 Å². The molecule has 5 heteroatoms. The molecule has 112 valence electrons. The van der Waals surface area contributed by atoms with Gasteiger partial charge in [0.05, 0.1) is 0 Å². The molecule has 21 heavy (non-hydrogen) atoms. The summed E-state index contributed by atoms with van der Waals surface area (Å²) in [5, 5.41) is 3.86. The molecule has 2 aromatic rings. The average molecular weight is 375 g/mol. The van der Waals surface area contributed by atoms with Crippen LogP contribution in [0.3, 0.4) is 0 Å². The molecule has 0 aliphatic carbocycles. The molecule has 1 unspecified atom stereocenters.